The van der Waals surface area contributed by atoms with Gasteiger partial charge in [0.15, 0.2) is 9.84 Å². The van der Waals surface area contributed by atoms with Crippen LogP contribution in [0.25, 0.3) is 11.0 Å². The summed E-state index contributed by atoms with van der Waals surface area (Å²) in [7, 11) is -3.01. The second-order valence-corrected chi connectivity index (χ2v) is 9.17. The second-order valence-electron chi connectivity index (χ2n) is 6.94. The lowest BCUT2D eigenvalue weighted by Crippen LogP contribution is -2.43. The van der Waals surface area contributed by atoms with Gasteiger partial charge in [-0.15, -0.1) is 0 Å². The van der Waals surface area contributed by atoms with Gasteiger partial charge in [0.1, 0.15) is 6.54 Å². The molecule has 1 amide bonds. The average molecular weight is 363 g/mol. The third-order valence-corrected chi connectivity index (χ3v) is 6.73. The molecule has 6 nitrogen and oxygen atoms in total. The van der Waals surface area contributed by atoms with Crippen molar-refractivity contribution in [1.29, 1.82) is 0 Å². The topological polar surface area (TPSA) is 72.3 Å². The molecule has 2 heterocycles. The van der Waals surface area contributed by atoms with Crippen LogP contribution in [0.4, 0.5) is 0 Å². The summed E-state index contributed by atoms with van der Waals surface area (Å²) in [5.41, 5.74) is 4.15. The summed E-state index contributed by atoms with van der Waals surface area (Å²) in [5, 5.41) is 0. The van der Waals surface area contributed by atoms with Gasteiger partial charge in [0, 0.05) is 12.6 Å². The van der Waals surface area contributed by atoms with Crippen molar-refractivity contribution in [3.05, 3.63) is 29.6 Å². The maximum atomic E-state index is 12.9. The Hall–Kier alpha value is -1.89. The van der Waals surface area contributed by atoms with E-state index in [4.69, 9.17) is 0 Å². The highest BCUT2D eigenvalue weighted by Gasteiger charge is 2.34. The molecule has 0 N–H and O–H groups in total. The molecule has 1 aliphatic rings. The molecule has 2 aromatic rings. The predicted molar refractivity (Wildman–Crippen MR) is 98.3 cm³/mol. The molecule has 0 radical (unpaired) electrons. The Kier molecular flexibility index (Phi) is 4.86. The Balaban J connectivity index is 1.83. The maximum Gasteiger partial charge on any atom is 0.242 e. The Morgan fingerprint density at radius 2 is 2.04 bits per heavy atom. The van der Waals surface area contributed by atoms with Crippen molar-refractivity contribution in [2.24, 2.45) is 0 Å². The SMILES string of the molecule is CCCN(C(=O)Cn1cnc2cc(C)c(C)cc21)[C@@H]1CCS(=O)(=O)C1. The highest BCUT2D eigenvalue weighted by atomic mass is 32.2. The average Bonchev–Trinajstić information content (AvgIpc) is 3.09. The Bertz CT molecular complexity index is 902. The van der Waals surface area contributed by atoms with E-state index in [1.54, 1.807) is 11.2 Å². The van der Waals surface area contributed by atoms with Crippen LogP contribution in [-0.4, -0.2) is 52.9 Å². The van der Waals surface area contributed by atoms with Crippen molar-refractivity contribution in [1.82, 2.24) is 14.5 Å². The van der Waals surface area contributed by atoms with Crippen LogP contribution in [0.2, 0.25) is 0 Å². The van der Waals surface area contributed by atoms with Gasteiger partial charge in [-0.1, -0.05) is 6.92 Å². The van der Waals surface area contributed by atoms with E-state index < -0.39 is 9.84 Å². The van der Waals surface area contributed by atoms with E-state index in [-0.39, 0.29) is 30.0 Å². The number of carbonyl (C=O) groups excluding carboxylic acids is 1. The van der Waals surface area contributed by atoms with Crippen LogP contribution >= 0.6 is 0 Å². The summed E-state index contributed by atoms with van der Waals surface area (Å²) in [5.74, 6) is 0.223. The van der Waals surface area contributed by atoms with Gasteiger partial charge < -0.3 is 9.47 Å². The fraction of sp³-hybridized carbons (Fsp3) is 0.556. The quantitative estimate of drug-likeness (QED) is 0.815. The number of carbonyl (C=O) groups is 1. The van der Waals surface area contributed by atoms with Crippen molar-refractivity contribution in [3.63, 3.8) is 0 Å². The minimum Gasteiger partial charge on any atom is -0.337 e. The normalized spacial score (nSPS) is 19.4. The molecule has 1 saturated heterocycles. The molecule has 0 spiro atoms. The summed E-state index contributed by atoms with van der Waals surface area (Å²) in [6, 6.07) is 3.88. The first kappa shape index (κ1) is 17.9. The van der Waals surface area contributed by atoms with Gasteiger partial charge in [-0.2, -0.15) is 0 Å². The highest BCUT2D eigenvalue weighted by Crippen LogP contribution is 2.21. The van der Waals surface area contributed by atoms with E-state index in [0.29, 0.717) is 13.0 Å². The summed E-state index contributed by atoms with van der Waals surface area (Å²) >= 11 is 0. The van der Waals surface area contributed by atoms with Gasteiger partial charge in [-0.3, -0.25) is 4.79 Å². The zero-order valence-electron chi connectivity index (χ0n) is 15.0. The van der Waals surface area contributed by atoms with Gasteiger partial charge in [-0.05, 0) is 49.9 Å². The lowest BCUT2D eigenvalue weighted by Gasteiger charge is -2.28. The molecule has 1 aromatic carbocycles. The molecule has 0 bridgehead atoms. The minimum absolute atomic E-state index is 0.0403. The molecule has 0 saturated carbocycles. The number of aromatic nitrogens is 2. The van der Waals surface area contributed by atoms with Gasteiger partial charge in [0.05, 0.1) is 28.9 Å². The van der Waals surface area contributed by atoms with E-state index in [1.165, 1.54) is 5.56 Å². The largest absolute Gasteiger partial charge is 0.337 e. The van der Waals surface area contributed by atoms with Crippen molar-refractivity contribution < 1.29 is 13.2 Å². The van der Waals surface area contributed by atoms with Crippen LogP contribution in [-0.2, 0) is 21.2 Å². The summed E-state index contributed by atoms with van der Waals surface area (Å²) < 4.78 is 25.4. The fourth-order valence-corrected chi connectivity index (χ4v) is 5.18. The Morgan fingerprint density at radius 3 is 2.68 bits per heavy atom. The smallest absolute Gasteiger partial charge is 0.242 e. The van der Waals surface area contributed by atoms with Gasteiger partial charge in [0.2, 0.25) is 5.91 Å². The van der Waals surface area contributed by atoms with E-state index in [9.17, 15) is 13.2 Å². The molecule has 0 unspecified atom stereocenters. The molecule has 0 aliphatic carbocycles. The standard InChI is InChI=1S/C18H25N3O3S/c1-4-6-21(15-5-7-25(23,24)11-15)18(22)10-20-12-19-16-8-13(2)14(3)9-17(16)20/h8-9,12,15H,4-7,10-11H2,1-3H3/t15-/m1/s1. The van der Waals surface area contributed by atoms with Crippen molar-refractivity contribution >= 4 is 26.8 Å². The van der Waals surface area contributed by atoms with E-state index in [0.717, 1.165) is 23.0 Å². The van der Waals surface area contributed by atoms with Crippen LogP contribution in [0.1, 0.15) is 30.9 Å². The zero-order chi connectivity index (χ0) is 18.2. The Morgan fingerprint density at radius 1 is 1.32 bits per heavy atom. The number of aryl methyl sites for hydroxylation is 2. The molecule has 25 heavy (non-hydrogen) atoms. The number of fused-ring (bicyclic) bond motifs is 1. The maximum absolute atomic E-state index is 12.9. The minimum atomic E-state index is -3.01. The lowest BCUT2D eigenvalue weighted by molar-refractivity contribution is -0.133. The number of rotatable bonds is 5. The molecule has 136 valence electrons. The van der Waals surface area contributed by atoms with Crippen molar-refractivity contribution in [2.75, 3.05) is 18.1 Å². The Labute approximate surface area is 148 Å². The van der Waals surface area contributed by atoms with Crippen LogP contribution < -0.4 is 0 Å². The van der Waals surface area contributed by atoms with Crippen LogP contribution in [0, 0.1) is 13.8 Å². The number of sulfone groups is 1. The number of hydrogen-bond donors (Lipinski definition) is 0. The number of hydrogen-bond acceptors (Lipinski definition) is 4. The van der Waals surface area contributed by atoms with Crippen molar-refractivity contribution in [3.8, 4) is 0 Å². The van der Waals surface area contributed by atoms with Crippen LogP contribution in [0.3, 0.4) is 0 Å². The first-order valence-electron chi connectivity index (χ1n) is 8.72. The number of amides is 1. The van der Waals surface area contributed by atoms with Crippen LogP contribution in [0.15, 0.2) is 18.5 Å². The molecule has 3 rings (SSSR count). The number of imidazole rings is 1. The monoisotopic (exact) mass is 363 g/mol. The summed E-state index contributed by atoms with van der Waals surface area (Å²) in [6.45, 7) is 6.87. The molecule has 7 heteroatoms. The predicted octanol–water partition coefficient (Wildman–Crippen LogP) is 2.08. The first-order valence-corrected chi connectivity index (χ1v) is 10.5. The number of nitrogens with zero attached hydrogens (tertiary/aromatic N) is 3. The zero-order valence-corrected chi connectivity index (χ0v) is 15.8. The molecule has 1 aliphatic heterocycles. The van der Waals surface area contributed by atoms with E-state index in [1.807, 2.05) is 31.4 Å². The lowest BCUT2D eigenvalue weighted by atomic mass is 10.1. The third-order valence-electron chi connectivity index (χ3n) is 4.98. The number of benzene rings is 1. The third kappa shape index (κ3) is 3.71. The summed E-state index contributed by atoms with van der Waals surface area (Å²) in [6.07, 6.45) is 3.04. The second kappa shape index (κ2) is 6.78. The molecular weight excluding hydrogens is 338 g/mol. The van der Waals surface area contributed by atoms with Gasteiger partial charge in [0.25, 0.3) is 0 Å². The highest BCUT2D eigenvalue weighted by molar-refractivity contribution is 7.91. The fourth-order valence-electron chi connectivity index (χ4n) is 3.45. The van der Waals surface area contributed by atoms with E-state index in [2.05, 4.69) is 11.1 Å². The van der Waals surface area contributed by atoms with E-state index >= 15 is 0 Å². The van der Waals surface area contributed by atoms with Gasteiger partial charge >= 0.3 is 0 Å². The molecule has 1 fully saturated rings. The summed E-state index contributed by atoms with van der Waals surface area (Å²) in [4.78, 5) is 19.0. The van der Waals surface area contributed by atoms with Gasteiger partial charge in [-0.25, -0.2) is 13.4 Å². The first-order chi connectivity index (χ1) is 11.8. The van der Waals surface area contributed by atoms with Crippen LogP contribution in [0.5, 0.6) is 0 Å². The van der Waals surface area contributed by atoms with Crippen molar-refractivity contribution in [2.45, 2.75) is 46.2 Å². The molecule has 1 aromatic heterocycles. The molecular formula is C18H25N3O3S. The molecule has 1 atom stereocenters.